The third-order valence-corrected chi connectivity index (χ3v) is 6.28. The van der Waals surface area contributed by atoms with Gasteiger partial charge in [-0.3, -0.25) is 9.48 Å². The normalized spacial score (nSPS) is 25.3. The van der Waals surface area contributed by atoms with Crippen molar-refractivity contribution in [3.63, 3.8) is 0 Å². The number of carbonyl (C=O) groups is 1. The van der Waals surface area contributed by atoms with Crippen LogP contribution in [-0.4, -0.2) is 41.7 Å². The van der Waals surface area contributed by atoms with Crippen LogP contribution in [0.5, 0.6) is 0 Å². The van der Waals surface area contributed by atoms with Gasteiger partial charge in [-0.15, -0.1) is 0 Å². The van der Waals surface area contributed by atoms with E-state index in [1.165, 1.54) is 12.8 Å². The number of rotatable bonds is 3. The first-order valence-electron chi connectivity index (χ1n) is 7.52. The Morgan fingerprint density at radius 2 is 2.05 bits per heavy atom. The maximum atomic E-state index is 12.3. The van der Waals surface area contributed by atoms with Gasteiger partial charge >= 0.3 is 0 Å². The summed E-state index contributed by atoms with van der Waals surface area (Å²) in [5.74, 6) is 0.242. The summed E-state index contributed by atoms with van der Waals surface area (Å²) in [5.41, 5.74) is 1.32. The van der Waals surface area contributed by atoms with Crippen molar-refractivity contribution in [1.29, 1.82) is 0 Å². The molecule has 1 saturated heterocycles. The second kappa shape index (κ2) is 5.44. The van der Waals surface area contributed by atoms with Gasteiger partial charge in [-0.2, -0.15) is 5.10 Å². The molecular formula is C14H21N3O3S. The summed E-state index contributed by atoms with van der Waals surface area (Å²) in [7, 11) is -2.95. The van der Waals surface area contributed by atoms with Crippen LogP contribution < -0.4 is 5.32 Å². The molecule has 1 aromatic rings. The van der Waals surface area contributed by atoms with Gasteiger partial charge in [0.05, 0.1) is 29.3 Å². The lowest BCUT2D eigenvalue weighted by atomic mass is 10.2. The van der Waals surface area contributed by atoms with Gasteiger partial charge in [0.1, 0.15) is 0 Å². The average Bonchev–Trinajstić information content (AvgIpc) is 3.10. The van der Waals surface area contributed by atoms with E-state index in [9.17, 15) is 13.2 Å². The van der Waals surface area contributed by atoms with Gasteiger partial charge in [0.25, 0.3) is 5.91 Å². The zero-order valence-electron chi connectivity index (χ0n) is 12.2. The van der Waals surface area contributed by atoms with E-state index in [4.69, 9.17) is 0 Å². The predicted molar refractivity (Wildman–Crippen MR) is 79.0 cm³/mol. The average molecular weight is 311 g/mol. The van der Waals surface area contributed by atoms with Crippen LogP contribution in [0.2, 0.25) is 0 Å². The quantitative estimate of drug-likeness (QED) is 0.910. The number of hydrogen-bond acceptors (Lipinski definition) is 4. The van der Waals surface area contributed by atoms with E-state index in [2.05, 4.69) is 10.4 Å². The van der Waals surface area contributed by atoms with E-state index in [0.717, 1.165) is 18.5 Å². The number of carbonyl (C=O) groups excluding carboxylic acids is 1. The molecule has 1 aliphatic carbocycles. The second-order valence-corrected chi connectivity index (χ2v) is 8.33. The Hall–Kier alpha value is -1.37. The SMILES string of the molecule is Cc1c(C(=O)NC2CCCC2)cnn1C1CCS(=O)(=O)C1. The summed E-state index contributed by atoms with van der Waals surface area (Å²) in [6.07, 6.45) is 6.56. The molecule has 1 aliphatic heterocycles. The van der Waals surface area contributed by atoms with E-state index < -0.39 is 9.84 Å². The van der Waals surface area contributed by atoms with E-state index in [1.807, 2.05) is 6.92 Å². The van der Waals surface area contributed by atoms with Gasteiger partial charge < -0.3 is 5.32 Å². The molecule has 0 spiro atoms. The highest BCUT2D eigenvalue weighted by Gasteiger charge is 2.31. The maximum absolute atomic E-state index is 12.3. The molecule has 21 heavy (non-hydrogen) atoms. The van der Waals surface area contributed by atoms with Crippen molar-refractivity contribution >= 4 is 15.7 Å². The molecule has 2 aliphatic rings. The molecule has 6 nitrogen and oxygen atoms in total. The summed E-state index contributed by atoms with van der Waals surface area (Å²) in [6, 6.07) is 0.134. The standard InChI is InChI=1S/C14H21N3O3S/c1-10-13(14(18)16-11-4-2-3-5-11)8-15-17(10)12-6-7-21(19,20)9-12/h8,11-12H,2-7,9H2,1H3,(H,16,18). The number of aromatic nitrogens is 2. The molecular weight excluding hydrogens is 290 g/mol. The van der Waals surface area contributed by atoms with Gasteiger partial charge in [0.15, 0.2) is 9.84 Å². The summed E-state index contributed by atoms with van der Waals surface area (Å²) in [5, 5.41) is 7.30. The third-order valence-electron chi connectivity index (χ3n) is 4.53. The summed E-state index contributed by atoms with van der Waals surface area (Å²) >= 11 is 0. The Morgan fingerprint density at radius 1 is 1.33 bits per heavy atom. The van der Waals surface area contributed by atoms with Crippen LogP contribution in [0.3, 0.4) is 0 Å². The van der Waals surface area contributed by atoms with Crippen LogP contribution in [0.4, 0.5) is 0 Å². The maximum Gasteiger partial charge on any atom is 0.254 e. The molecule has 1 N–H and O–H groups in total. The predicted octanol–water partition coefficient (Wildman–Crippen LogP) is 1.22. The lowest BCUT2D eigenvalue weighted by Gasteiger charge is -2.13. The highest BCUT2D eigenvalue weighted by Crippen LogP contribution is 2.25. The largest absolute Gasteiger partial charge is 0.349 e. The highest BCUT2D eigenvalue weighted by molar-refractivity contribution is 7.91. The van der Waals surface area contributed by atoms with Crippen LogP contribution in [0.15, 0.2) is 6.20 Å². The topological polar surface area (TPSA) is 81.1 Å². The molecule has 2 fully saturated rings. The fourth-order valence-electron chi connectivity index (χ4n) is 3.32. The molecule has 0 aromatic carbocycles. The van der Waals surface area contributed by atoms with Crippen LogP contribution in [-0.2, 0) is 9.84 Å². The number of amides is 1. The monoisotopic (exact) mass is 311 g/mol. The molecule has 1 saturated carbocycles. The number of hydrogen-bond donors (Lipinski definition) is 1. The van der Waals surface area contributed by atoms with E-state index in [1.54, 1.807) is 10.9 Å². The molecule has 2 heterocycles. The minimum Gasteiger partial charge on any atom is -0.349 e. The molecule has 3 rings (SSSR count). The first-order chi connectivity index (χ1) is 9.96. The van der Waals surface area contributed by atoms with Crippen molar-refractivity contribution in [2.24, 2.45) is 0 Å². The fourth-order valence-corrected chi connectivity index (χ4v) is 5.01. The van der Waals surface area contributed by atoms with Crippen molar-refractivity contribution in [1.82, 2.24) is 15.1 Å². The van der Waals surface area contributed by atoms with Crippen LogP contribution in [0.1, 0.15) is 54.2 Å². The highest BCUT2D eigenvalue weighted by atomic mass is 32.2. The van der Waals surface area contributed by atoms with Gasteiger partial charge in [0.2, 0.25) is 0 Å². The Bertz CT molecular complexity index is 644. The number of nitrogens with zero attached hydrogens (tertiary/aromatic N) is 2. The molecule has 0 bridgehead atoms. The minimum absolute atomic E-state index is 0.0912. The summed E-state index contributed by atoms with van der Waals surface area (Å²) in [4.78, 5) is 12.3. The van der Waals surface area contributed by atoms with E-state index in [-0.39, 0.29) is 29.5 Å². The molecule has 0 radical (unpaired) electrons. The van der Waals surface area contributed by atoms with Crippen molar-refractivity contribution in [3.8, 4) is 0 Å². The Labute approximate surface area is 124 Å². The van der Waals surface area contributed by atoms with Crippen LogP contribution >= 0.6 is 0 Å². The molecule has 116 valence electrons. The van der Waals surface area contributed by atoms with Crippen molar-refractivity contribution in [2.45, 2.75) is 51.1 Å². The second-order valence-electron chi connectivity index (χ2n) is 6.10. The third kappa shape index (κ3) is 2.97. The molecule has 7 heteroatoms. The van der Waals surface area contributed by atoms with Crippen molar-refractivity contribution in [2.75, 3.05) is 11.5 Å². The lowest BCUT2D eigenvalue weighted by molar-refractivity contribution is 0.0937. The van der Waals surface area contributed by atoms with Crippen molar-refractivity contribution < 1.29 is 13.2 Å². The smallest absolute Gasteiger partial charge is 0.254 e. The number of sulfone groups is 1. The Balaban J connectivity index is 1.74. The Morgan fingerprint density at radius 3 is 2.67 bits per heavy atom. The van der Waals surface area contributed by atoms with Crippen LogP contribution in [0.25, 0.3) is 0 Å². The molecule has 1 amide bonds. The first kappa shape index (κ1) is 14.6. The van der Waals surface area contributed by atoms with E-state index in [0.29, 0.717) is 12.0 Å². The number of nitrogens with one attached hydrogen (secondary N) is 1. The molecule has 1 atom stereocenters. The van der Waals surface area contributed by atoms with Crippen LogP contribution in [0, 0.1) is 6.92 Å². The zero-order valence-corrected chi connectivity index (χ0v) is 13.0. The van der Waals surface area contributed by atoms with Gasteiger partial charge in [-0.1, -0.05) is 12.8 Å². The van der Waals surface area contributed by atoms with Crippen molar-refractivity contribution in [3.05, 3.63) is 17.5 Å². The van der Waals surface area contributed by atoms with Gasteiger partial charge in [-0.05, 0) is 26.2 Å². The summed E-state index contributed by atoms with van der Waals surface area (Å²) < 4.78 is 24.9. The van der Waals surface area contributed by atoms with E-state index >= 15 is 0 Å². The fraction of sp³-hybridized carbons (Fsp3) is 0.714. The summed E-state index contributed by atoms with van der Waals surface area (Å²) in [6.45, 7) is 1.83. The molecule has 1 unspecified atom stereocenters. The lowest BCUT2D eigenvalue weighted by Crippen LogP contribution is -2.32. The minimum atomic E-state index is -2.95. The zero-order chi connectivity index (χ0) is 15.0. The van der Waals surface area contributed by atoms with Gasteiger partial charge in [0, 0.05) is 11.7 Å². The molecule has 1 aromatic heterocycles. The first-order valence-corrected chi connectivity index (χ1v) is 9.34. The Kier molecular flexibility index (Phi) is 3.77. The van der Waals surface area contributed by atoms with Gasteiger partial charge in [-0.25, -0.2) is 8.42 Å².